The monoisotopic (exact) mass is 257 g/mol. The van der Waals surface area contributed by atoms with Gasteiger partial charge in [-0.2, -0.15) is 5.26 Å². The molecule has 1 saturated carbocycles. The molecule has 0 spiro atoms. The zero-order valence-electron chi connectivity index (χ0n) is 10.4. The molecule has 2 aliphatic rings. The molecule has 0 aromatic rings. The minimum Gasteiger partial charge on any atom is -0.388 e. The minimum atomic E-state index is -3.16. The molecule has 2 atom stereocenters. The smallest absolute Gasteiger partial charge is 0.152 e. The van der Waals surface area contributed by atoms with Gasteiger partial charge in [0.05, 0.1) is 23.2 Å². The standard InChI is InChI=1S/C12H19NO3S/c1-10(2)3-4-12(14,7-10)11(8-13)5-6-17(15,16)9-11/h14H,3-7,9H2,1-2H3. The summed E-state index contributed by atoms with van der Waals surface area (Å²) < 4.78 is 23.2. The molecule has 1 saturated heterocycles. The molecule has 1 N–H and O–H groups in total. The van der Waals surface area contributed by atoms with Gasteiger partial charge in [-0.05, 0) is 31.1 Å². The number of nitriles is 1. The molecule has 0 amide bonds. The third kappa shape index (κ3) is 1.98. The maximum Gasteiger partial charge on any atom is 0.152 e. The highest BCUT2D eigenvalue weighted by atomic mass is 32.2. The topological polar surface area (TPSA) is 78.2 Å². The van der Waals surface area contributed by atoms with E-state index in [1.807, 2.05) is 0 Å². The SMILES string of the molecule is CC1(C)CCC(O)(C2(C#N)CCS(=O)(=O)C2)C1. The Kier molecular flexibility index (Phi) is 2.61. The van der Waals surface area contributed by atoms with Crippen molar-refractivity contribution in [2.45, 2.75) is 45.1 Å². The van der Waals surface area contributed by atoms with E-state index in [1.54, 1.807) is 0 Å². The van der Waals surface area contributed by atoms with Crippen LogP contribution in [0.15, 0.2) is 0 Å². The van der Waals surface area contributed by atoms with Crippen LogP contribution in [0.3, 0.4) is 0 Å². The predicted molar refractivity (Wildman–Crippen MR) is 63.9 cm³/mol. The summed E-state index contributed by atoms with van der Waals surface area (Å²) in [5.74, 6) is -0.146. The van der Waals surface area contributed by atoms with Crippen LogP contribution >= 0.6 is 0 Å². The summed E-state index contributed by atoms with van der Waals surface area (Å²) in [6, 6.07) is 2.12. The number of nitrogens with zero attached hydrogens (tertiary/aromatic N) is 1. The van der Waals surface area contributed by atoms with Gasteiger partial charge in [-0.15, -0.1) is 0 Å². The number of aliphatic hydroxyl groups is 1. The van der Waals surface area contributed by atoms with E-state index >= 15 is 0 Å². The van der Waals surface area contributed by atoms with E-state index < -0.39 is 20.9 Å². The third-order valence-corrected chi connectivity index (χ3v) is 6.16. The molecular formula is C12H19NO3S. The van der Waals surface area contributed by atoms with Crippen LogP contribution in [0, 0.1) is 22.2 Å². The molecular weight excluding hydrogens is 238 g/mol. The lowest BCUT2D eigenvalue weighted by Crippen LogP contribution is -2.47. The maximum absolute atomic E-state index is 11.6. The predicted octanol–water partition coefficient (Wildman–Crippen LogP) is 1.26. The molecule has 2 rings (SSSR count). The van der Waals surface area contributed by atoms with Crippen molar-refractivity contribution >= 4 is 9.84 Å². The average Bonchev–Trinajstić information content (AvgIpc) is 2.66. The fourth-order valence-electron chi connectivity index (χ4n) is 3.33. The van der Waals surface area contributed by atoms with Crippen LogP contribution in [-0.4, -0.2) is 30.6 Å². The van der Waals surface area contributed by atoms with Crippen LogP contribution < -0.4 is 0 Å². The molecule has 1 aliphatic heterocycles. The van der Waals surface area contributed by atoms with Gasteiger partial charge in [-0.25, -0.2) is 8.42 Å². The fraction of sp³-hybridized carbons (Fsp3) is 0.917. The van der Waals surface area contributed by atoms with Crippen molar-refractivity contribution < 1.29 is 13.5 Å². The quantitative estimate of drug-likeness (QED) is 0.767. The lowest BCUT2D eigenvalue weighted by atomic mass is 9.70. The van der Waals surface area contributed by atoms with Gasteiger partial charge in [0, 0.05) is 0 Å². The number of hydrogen-bond donors (Lipinski definition) is 1. The first-order valence-electron chi connectivity index (χ1n) is 5.98. The highest BCUT2D eigenvalue weighted by Gasteiger charge is 2.60. The normalized spacial score (nSPS) is 43.4. The van der Waals surface area contributed by atoms with Crippen LogP contribution in [-0.2, 0) is 9.84 Å². The average molecular weight is 257 g/mol. The van der Waals surface area contributed by atoms with Crippen LogP contribution in [0.5, 0.6) is 0 Å². The summed E-state index contributed by atoms with van der Waals surface area (Å²) >= 11 is 0. The molecule has 0 radical (unpaired) electrons. The van der Waals surface area contributed by atoms with E-state index in [1.165, 1.54) is 0 Å². The molecule has 0 aromatic carbocycles. The minimum absolute atomic E-state index is 0.00898. The van der Waals surface area contributed by atoms with Crippen LogP contribution in [0.4, 0.5) is 0 Å². The van der Waals surface area contributed by atoms with Crippen molar-refractivity contribution in [3.8, 4) is 6.07 Å². The van der Waals surface area contributed by atoms with Gasteiger partial charge >= 0.3 is 0 Å². The van der Waals surface area contributed by atoms with Gasteiger partial charge in [-0.3, -0.25) is 0 Å². The molecule has 0 aromatic heterocycles. The van der Waals surface area contributed by atoms with E-state index in [-0.39, 0.29) is 23.3 Å². The van der Waals surface area contributed by atoms with Crippen molar-refractivity contribution in [3.63, 3.8) is 0 Å². The lowest BCUT2D eigenvalue weighted by Gasteiger charge is -2.37. The van der Waals surface area contributed by atoms with Crippen molar-refractivity contribution in [2.24, 2.45) is 10.8 Å². The van der Waals surface area contributed by atoms with Crippen molar-refractivity contribution in [2.75, 3.05) is 11.5 Å². The Labute approximate surface area is 103 Å². The molecule has 0 bridgehead atoms. The van der Waals surface area contributed by atoms with E-state index in [9.17, 15) is 18.8 Å². The molecule has 17 heavy (non-hydrogen) atoms. The highest BCUT2D eigenvalue weighted by molar-refractivity contribution is 7.91. The van der Waals surface area contributed by atoms with Crippen LogP contribution in [0.1, 0.15) is 39.5 Å². The van der Waals surface area contributed by atoms with Gasteiger partial charge in [0.15, 0.2) is 9.84 Å². The van der Waals surface area contributed by atoms with Gasteiger partial charge in [-0.1, -0.05) is 13.8 Å². The molecule has 4 nitrogen and oxygen atoms in total. The number of hydrogen-bond acceptors (Lipinski definition) is 4. The van der Waals surface area contributed by atoms with E-state index in [0.717, 1.165) is 6.42 Å². The van der Waals surface area contributed by atoms with Crippen LogP contribution in [0.2, 0.25) is 0 Å². The van der Waals surface area contributed by atoms with Gasteiger partial charge < -0.3 is 5.11 Å². The van der Waals surface area contributed by atoms with E-state index in [0.29, 0.717) is 12.8 Å². The first-order chi connectivity index (χ1) is 7.64. The Morgan fingerprint density at radius 3 is 2.24 bits per heavy atom. The van der Waals surface area contributed by atoms with Crippen molar-refractivity contribution in [1.82, 2.24) is 0 Å². The second-order valence-electron chi connectivity index (χ2n) is 6.41. The van der Waals surface area contributed by atoms with Crippen molar-refractivity contribution in [3.05, 3.63) is 0 Å². The Bertz CT molecular complexity index is 476. The maximum atomic E-state index is 11.6. The Hall–Kier alpha value is -0.600. The van der Waals surface area contributed by atoms with E-state index in [2.05, 4.69) is 19.9 Å². The number of sulfone groups is 1. The second-order valence-corrected chi connectivity index (χ2v) is 8.59. The summed E-state index contributed by atoms with van der Waals surface area (Å²) in [4.78, 5) is 0. The van der Waals surface area contributed by atoms with Crippen molar-refractivity contribution in [1.29, 1.82) is 5.26 Å². The second kappa shape index (κ2) is 3.46. The molecule has 1 aliphatic carbocycles. The highest BCUT2D eigenvalue weighted by Crippen LogP contribution is 2.55. The zero-order valence-corrected chi connectivity index (χ0v) is 11.2. The number of rotatable bonds is 1. The lowest BCUT2D eigenvalue weighted by molar-refractivity contribution is -0.0447. The largest absolute Gasteiger partial charge is 0.388 e. The van der Waals surface area contributed by atoms with Gasteiger partial charge in [0.2, 0.25) is 0 Å². The molecule has 2 unspecified atom stereocenters. The molecule has 96 valence electrons. The summed E-state index contributed by atoms with van der Waals surface area (Å²) in [7, 11) is -3.16. The van der Waals surface area contributed by atoms with Gasteiger partial charge in [0.1, 0.15) is 5.41 Å². The molecule has 1 heterocycles. The van der Waals surface area contributed by atoms with E-state index in [4.69, 9.17) is 0 Å². The summed E-state index contributed by atoms with van der Waals surface area (Å²) in [5.41, 5.74) is -2.22. The molecule has 5 heteroatoms. The summed E-state index contributed by atoms with van der Waals surface area (Å²) in [6.45, 7) is 4.11. The summed E-state index contributed by atoms with van der Waals surface area (Å²) in [6.07, 6.45) is 2.16. The fourth-order valence-corrected chi connectivity index (χ4v) is 5.36. The zero-order chi connectivity index (χ0) is 12.9. The Balaban J connectivity index is 2.36. The first-order valence-corrected chi connectivity index (χ1v) is 7.80. The van der Waals surface area contributed by atoms with Crippen LogP contribution in [0.25, 0.3) is 0 Å². The Morgan fingerprint density at radius 1 is 1.24 bits per heavy atom. The first kappa shape index (κ1) is 12.8. The van der Waals surface area contributed by atoms with Gasteiger partial charge in [0.25, 0.3) is 0 Å². The summed E-state index contributed by atoms with van der Waals surface area (Å²) in [5, 5.41) is 20.1. The third-order valence-electron chi connectivity index (χ3n) is 4.40. The Morgan fingerprint density at radius 2 is 1.88 bits per heavy atom. The molecule has 2 fully saturated rings.